The summed E-state index contributed by atoms with van der Waals surface area (Å²) in [5.74, 6) is 0.162. The molecule has 2 atom stereocenters. The molecule has 2 unspecified atom stereocenters. The van der Waals surface area contributed by atoms with Gasteiger partial charge in [-0.05, 0) is 45.8 Å². The van der Waals surface area contributed by atoms with Crippen molar-refractivity contribution in [1.82, 2.24) is 5.32 Å². The smallest absolute Gasteiger partial charge is 0.220 e. The van der Waals surface area contributed by atoms with Crippen LogP contribution in [0.1, 0.15) is 52.4 Å². The first kappa shape index (κ1) is 14.8. The van der Waals surface area contributed by atoms with Crippen LogP contribution < -0.4 is 11.1 Å². The maximum absolute atomic E-state index is 11.8. The average Bonchev–Trinajstić information content (AvgIpc) is 2.26. The summed E-state index contributed by atoms with van der Waals surface area (Å²) in [7, 11) is 0. The highest BCUT2D eigenvalue weighted by Crippen LogP contribution is 2.26. The van der Waals surface area contributed by atoms with Crippen molar-refractivity contribution in [1.29, 1.82) is 0 Å². The molecular formula is C13H26N2OS. The van der Waals surface area contributed by atoms with Crippen molar-refractivity contribution in [2.75, 3.05) is 6.26 Å². The molecule has 1 amide bonds. The molecular weight excluding hydrogens is 232 g/mol. The molecule has 17 heavy (non-hydrogen) atoms. The van der Waals surface area contributed by atoms with Crippen LogP contribution in [0.15, 0.2) is 0 Å². The number of hydrogen-bond donors (Lipinski definition) is 2. The van der Waals surface area contributed by atoms with Gasteiger partial charge in [0.2, 0.25) is 5.91 Å². The van der Waals surface area contributed by atoms with E-state index in [1.165, 1.54) is 12.8 Å². The maximum atomic E-state index is 11.8. The Labute approximate surface area is 109 Å². The summed E-state index contributed by atoms with van der Waals surface area (Å²) in [5, 5.41) is 3.87. The Bertz CT molecular complexity index is 250. The number of carbonyl (C=O) groups excluding carboxylic acids is 1. The highest BCUT2D eigenvalue weighted by molar-refractivity contribution is 7.99. The first-order valence-corrected chi connectivity index (χ1v) is 7.80. The van der Waals surface area contributed by atoms with Gasteiger partial charge >= 0.3 is 0 Å². The molecule has 0 aliphatic heterocycles. The molecule has 0 aromatic rings. The van der Waals surface area contributed by atoms with Crippen LogP contribution in [-0.4, -0.2) is 29.0 Å². The molecule has 1 aliphatic rings. The summed E-state index contributed by atoms with van der Waals surface area (Å²) in [5.41, 5.74) is 5.63. The third-order valence-electron chi connectivity index (χ3n) is 3.32. The van der Waals surface area contributed by atoms with Gasteiger partial charge in [0.05, 0.1) is 0 Å². The fourth-order valence-electron chi connectivity index (χ4n) is 2.23. The summed E-state index contributed by atoms with van der Waals surface area (Å²) in [6.07, 6.45) is 8.24. The van der Waals surface area contributed by atoms with Gasteiger partial charge in [0.1, 0.15) is 0 Å². The Balaban J connectivity index is 2.26. The van der Waals surface area contributed by atoms with E-state index in [1.54, 1.807) is 0 Å². The highest BCUT2D eigenvalue weighted by atomic mass is 32.2. The van der Waals surface area contributed by atoms with Crippen molar-refractivity contribution in [3.63, 3.8) is 0 Å². The molecule has 100 valence electrons. The van der Waals surface area contributed by atoms with Crippen molar-refractivity contribution >= 4 is 17.7 Å². The van der Waals surface area contributed by atoms with E-state index in [0.29, 0.717) is 12.5 Å². The lowest BCUT2D eigenvalue weighted by Gasteiger charge is -2.29. The van der Waals surface area contributed by atoms with Crippen molar-refractivity contribution in [2.45, 2.75) is 69.2 Å². The number of thioether (sulfide) groups is 1. The van der Waals surface area contributed by atoms with Gasteiger partial charge in [-0.25, -0.2) is 0 Å². The minimum atomic E-state index is -0.244. The molecule has 0 heterocycles. The van der Waals surface area contributed by atoms with E-state index in [2.05, 4.69) is 11.6 Å². The molecule has 1 fully saturated rings. The molecule has 0 bridgehead atoms. The average molecular weight is 258 g/mol. The van der Waals surface area contributed by atoms with Crippen LogP contribution in [0.4, 0.5) is 0 Å². The Morgan fingerprint density at radius 2 is 2.18 bits per heavy atom. The van der Waals surface area contributed by atoms with Crippen LogP contribution in [0.2, 0.25) is 0 Å². The van der Waals surface area contributed by atoms with Crippen LogP contribution in [0, 0.1) is 0 Å². The standard InChI is InChI=1S/C13H26N2OS/c1-13(2,14)8-7-12(16)15-10-5-4-6-11(9-10)17-3/h10-11H,4-9,14H2,1-3H3,(H,15,16). The van der Waals surface area contributed by atoms with E-state index >= 15 is 0 Å². The SMILES string of the molecule is CSC1CCCC(NC(=O)CCC(C)(C)N)C1. The van der Waals surface area contributed by atoms with Crippen LogP contribution in [0.25, 0.3) is 0 Å². The molecule has 0 aromatic carbocycles. The Kier molecular flexibility index (Phi) is 5.80. The van der Waals surface area contributed by atoms with E-state index in [-0.39, 0.29) is 11.4 Å². The molecule has 1 saturated carbocycles. The highest BCUT2D eigenvalue weighted by Gasteiger charge is 2.23. The summed E-state index contributed by atoms with van der Waals surface area (Å²) in [4.78, 5) is 11.8. The van der Waals surface area contributed by atoms with E-state index in [9.17, 15) is 4.79 Å². The lowest BCUT2D eigenvalue weighted by Crippen LogP contribution is -2.40. The normalized spacial score (nSPS) is 25.6. The summed E-state index contributed by atoms with van der Waals surface area (Å²) < 4.78 is 0. The van der Waals surface area contributed by atoms with Gasteiger partial charge < -0.3 is 11.1 Å². The molecule has 4 heteroatoms. The second-order valence-electron chi connectivity index (χ2n) is 5.78. The van der Waals surface area contributed by atoms with Gasteiger partial charge in [0.15, 0.2) is 0 Å². The fraction of sp³-hybridized carbons (Fsp3) is 0.923. The Morgan fingerprint density at radius 1 is 1.47 bits per heavy atom. The maximum Gasteiger partial charge on any atom is 0.220 e. The third-order valence-corrected chi connectivity index (χ3v) is 4.42. The Morgan fingerprint density at radius 3 is 2.76 bits per heavy atom. The minimum absolute atomic E-state index is 0.162. The number of hydrogen-bond acceptors (Lipinski definition) is 3. The number of nitrogens with two attached hydrogens (primary N) is 1. The molecule has 3 nitrogen and oxygen atoms in total. The van der Waals surface area contributed by atoms with Gasteiger partial charge in [0, 0.05) is 23.3 Å². The van der Waals surface area contributed by atoms with E-state index in [1.807, 2.05) is 25.6 Å². The molecule has 3 N–H and O–H groups in total. The van der Waals surface area contributed by atoms with Crippen LogP contribution >= 0.6 is 11.8 Å². The largest absolute Gasteiger partial charge is 0.353 e. The number of amides is 1. The second kappa shape index (κ2) is 6.64. The van der Waals surface area contributed by atoms with Crippen LogP contribution in [0.3, 0.4) is 0 Å². The molecule has 1 rings (SSSR count). The number of nitrogens with one attached hydrogen (secondary N) is 1. The zero-order valence-electron chi connectivity index (χ0n) is 11.3. The summed E-state index contributed by atoms with van der Waals surface area (Å²) in [6.45, 7) is 3.93. The van der Waals surface area contributed by atoms with Crippen molar-refractivity contribution in [3.8, 4) is 0 Å². The minimum Gasteiger partial charge on any atom is -0.353 e. The van der Waals surface area contributed by atoms with Gasteiger partial charge in [-0.1, -0.05) is 6.42 Å². The molecule has 0 saturated heterocycles. The monoisotopic (exact) mass is 258 g/mol. The first-order valence-electron chi connectivity index (χ1n) is 6.52. The first-order chi connectivity index (χ1) is 7.90. The predicted molar refractivity (Wildman–Crippen MR) is 75.2 cm³/mol. The van der Waals surface area contributed by atoms with Gasteiger partial charge in [-0.15, -0.1) is 0 Å². The summed E-state index contributed by atoms with van der Waals surface area (Å²) >= 11 is 1.92. The van der Waals surface area contributed by atoms with Crippen molar-refractivity contribution < 1.29 is 4.79 Å². The lowest BCUT2D eigenvalue weighted by molar-refractivity contribution is -0.122. The molecule has 0 spiro atoms. The fourth-order valence-corrected chi connectivity index (χ4v) is 3.05. The second-order valence-corrected chi connectivity index (χ2v) is 6.92. The lowest BCUT2D eigenvalue weighted by atomic mass is 9.94. The van der Waals surface area contributed by atoms with Gasteiger partial charge in [-0.2, -0.15) is 11.8 Å². The van der Waals surface area contributed by atoms with Gasteiger partial charge in [-0.3, -0.25) is 4.79 Å². The van der Waals surface area contributed by atoms with Crippen molar-refractivity contribution in [3.05, 3.63) is 0 Å². The third kappa shape index (κ3) is 6.32. The van der Waals surface area contributed by atoms with Gasteiger partial charge in [0.25, 0.3) is 0 Å². The zero-order valence-corrected chi connectivity index (χ0v) is 12.1. The molecule has 0 radical (unpaired) electrons. The number of carbonyl (C=O) groups is 1. The van der Waals surface area contributed by atoms with E-state index < -0.39 is 0 Å². The quantitative estimate of drug-likeness (QED) is 0.795. The Hall–Kier alpha value is -0.220. The van der Waals surface area contributed by atoms with Crippen LogP contribution in [0.5, 0.6) is 0 Å². The van der Waals surface area contributed by atoms with Crippen molar-refractivity contribution in [2.24, 2.45) is 5.73 Å². The summed E-state index contributed by atoms with van der Waals surface area (Å²) in [6, 6.07) is 0.384. The molecule has 0 aromatic heterocycles. The molecule has 1 aliphatic carbocycles. The predicted octanol–water partition coefficient (Wildman–Crippen LogP) is 2.29. The zero-order chi connectivity index (χ0) is 12.9. The number of rotatable bonds is 5. The van der Waals surface area contributed by atoms with Crippen LogP contribution in [-0.2, 0) is 4.79 Å². The van der Waals surface area contributed by atoms with E-state index in [4.69, 9.17) is 5.73 Å². The topological polar surface area (TPSA) is 55.1 Å². The van der Waals surface area contributed by atoms with E-state index in [0.717, 1.165) is 24.5 Å².